The zero-order chi connectivity index (χ0) is 28.8. The second kappa shape index (κ2) is 13.1. The molecule has 3 aromatic carbocycles. The van der Waals surface area contributed by atoms with Gasteiger partial charge in [-0.1, -0.05) is 73.4 Å². The summed E-state index contributed by atoms with van der Waals surface area (Å²) in [6.45, 7) is 4.00. The van der Waals surface area contributed by atoms with Gasteiger partial charge in [-0.3, -0.25) is 4.79 Å². The van der Waals surface area contributed by atoms with E-state index < -0.39 is 23.9 Å². The van der Waals surface area contributed by atoms with Gasteiger partial charge >= 0.3 is 12.0 Å². The number of benzene rings is 3. The van der Waals surface area contributed by atoms with E-state index in [-0.39, 0.29) is 28.2 Å². The van der Waals surface area contributed by atoms with E-state index in [1.807, 2.05) is 48.5 Å². The van der Waals surface area contributed by atoms with Gasteiger partial charge < -0.3 is 26.0 Å². The minimum Gasteiger partial charge on any atom is -0.467 e. The molecule has 1 aliphatic rings. The maximum atomic E-state index is 13.3. The highest BCUT2D eigenvalue weighted by molar-refractivity contribution is 6.41. The second-order valence-corrected chi connectivity index (χ2v) is 10.7. The Morgan fingerprint density at radius 3 is 2.55 bits per heavy atom. The van der Waals surface area contributed by atoms with Crippen molar-refractivity contribution in [2.75, 3.05) is 19.0 Å². The summed E-state index contributed by atoms with van der Waals surface area (Å²) in [5.74, 6) is -1.08. The van der Waals surface area contributed by atoms with Crippen molar-refractivity contribution < 1.29 is 19.1 Å². The molecule has 4 rings (SSSR count). The number of esters is 1. The summed E-state index contributed by atoms with van der Waals surface area (Å²) < 4.78 is 4.85. The summed E-state index contributed by atoms with van der Waals surface area (Å²) in [6, 6.07) is 17.3. The highest BCUT2D eigenvalue weighted by Gasteiger charge is 2.28. The predicted octanol–water partition coefficient (Wildman–Crippen LogP) is 6.12. The lowest BCUT2D eigenvalue weighted by molar-refractivity contribution is -0.142. The van der Waals surface area contributed by atoms with Crippen LogP contribution in [0.3, 0.4) is 0 Å². The van der Waals surface area contributed by atoms with Crippen molar-refractivity contribution in [1.82, 2.24) is 16.0 Å². The Kier molecular flexibility index (Phi) is 9.55. The van der Waals surface area contributed by atoms with Gasteiger partial charge in [0.1, 0.15) is 6.04 Å². The van der Waals surface area contributed by atoms with Crippen molar-refractivity contribution in [3.63, 3.8) is 0 Å². The molecule has 0 saturated carbocycles. The summed E-state index contributed by atoms with van der Waals surface area (Å²) in [4.78, 5) is 38.4. The number of urea groups is 1. The second-order valence-electron chi connectivity index (χ2n) is 9.88. The first kappa shape index (κ1) is 29.2. The van der Waals surface area contributed by atoms with Crippen LogP contribution in [0, 0.1) is 0 Å². The van der Waals surface area contributed by atoms with Gasteiger partial charge in [0.15, 0.2) is 0 Å². The van der Waals surface area contributed by atoms with Crippen LogP contribution in [0.4, 0.5) is 16.2 Å². The highest BCUT2D eigenvalue weighted by Crippen LogP contribution is 2.34. The number of amides is 3. The van der Waals surface area contributed by atoms with Crippen molar-refractivity contribution in [2.24, 2.45) is 0 Å². The fourth-order valence-corrected chi connectivity index (χ4v) is 5.25. The van der Waals surface area contributed by atoms with Crippen LogP contribution in [0.5, 0.6) is 0 Å². The van der Waals surface area contributed by atoms with E-state index in [0.717, 1.165) is 29.7 Å². The number of rotatable bonds is 9. The molecule has 0 bridgehead atoms. The van der Waals surface area contributed by atoms with Gasteiger partial charge in [0, 0.05) is 5.69 Å². The molecule has 0 saturated heterocycles. The molecule has 0 fully saturated rings. The SMILES string of the molecule is COC(=O)[C@H](CNC(=O)N[C@@H]1CCc2ccccc21)NC(=O)c1c(Cl)ccc(Nc2cccc(C(C)C)c2)c1Cl. The number of carbonyl (C=O) groups is 3. The van der Waals surface area contributed by atoms with Gasteiger partial charge in [0.2, 0.25) is 0 Å². The van der Waals surface area contributed by atoms with Gasteiger partial charge in [0.25, 0.3) is 5.91 Å². The molecule has 4 N–H and O–H groups in total. The van der Waals surface area contributed by atoms with Crippen molar-refractivity contribution >= 4 is 52.5 Å². The van der Waals surface area contributed by atoms with Gasteiger partial charge in [-0.05, 0) is 59.7 Å². The molecule has 0 radical (unpaired) electrons. The van der Waals surface area contributed by atoms with Crippen molar-refractivity contribution in [2.45, 2.75) is 44.7 Å². The number of hydrogen-bond donors (Lipinski definition) is 4. The van der Waals surface area contributed by atoms with Gasteiger partial charge in [-0.15, -0.1) is 0 Å². The van der Waals surface area contributed by atoms with Crippen LogP contribution in [0.15, 0.2) is 60.7 Å². The van der Waals surface area contributed by atoms with Crippen LogP contribution < -0.4 is 21.3 Å². The standard InChI is InChI=1S/C30H32Cl2N4O4/c1-17(2)19-8-6-9-20(15-19)34-24-14-12-22(31)26(27(24)32)28(37)35-25(29(38)40-3)16-33-30(39)36-23-13-11-18-7-4-5-10-21(18)23/h4-10,12,14-15,17,23,25,34H,11,13,16H2,1-3H3,(H,35,37)(H2,33,36,39)/t23-,25+/m1/s1. The van der Waals surface area contributed by atoms with Crippen molar-refractivity contribution in [3.8, 4) is 0 Å². The van der Waals surface area contributed by atoms with Gasteiger partial charge in [-0.2, -0.15) is 0 Å². The number of hydrogen-bond acceptors (Lipinski definition) is 5. The molecule has 0 unspecified atom stereocenters. The first-order valence-corrected chi connectivity index (χ1v) is 13.8. The molecule has 3 aromatic rings. The summed E-state index contributed by atoms with van der Waals surface area (Å²) in [5, 5.41) is 11.6. The molecule has 8 nitrogen and oxygen atoms in total. The van der Waals surface area contributed by atoms with Crippen LogP contribution >= 0.6 is 23.2 Å². The summed E-state index contributed by atoms with van der Waals surface area (Å²) >= 11 is 13.0. The topological polar surface area (TPSA) is 109 Å². The van der Waals surface area contributed by atoms with Crippen molar-refractivity contribution in [1.29, 1.82) is 0 Å². The lowest BCUT2D eigenvalue weighted by Gasteiger charge is -2.20. The number of ether oxygens (including phenoxy) is 1. The maximum absolute atomic E-state index is 13.3. The molecule has 0 aromatic heterocycles. The first-order valence-electron chi connectivity index (χ1n) is 13.0. The average Bonchev–Trinajstić information content (AvgIpc) is 3.35. The molecule has 3 amide bonds. The van der Waals surface area contributed by atoms with Crippen molar-refractivity contribution in [3.05, 3.63) is 93.0 Å². The molecule has 0 aliphatic heterocycles. The monoisotopic (exact) mass is 582 g/mol. The summed E-state index contributed by atoms with van der Waals surface area (Å²) in [6.07, 6.45) is 1.66. The van der Waals surface area contributed by atoms with E-state index in [1.165, 1.54) is 12.7 Å². The molecule has 40 heavy (non-hydrogen) atoms. The molecule has 0 spiro atoms. The van der Waals surface area contributed by atoms with Crippen LogP contribution in [-0.4, -0.2) is 37.6 Å². The van der Waals surface area contributed by atoms with E-state index in [4.69, 9.17) is 27.9 Å². The predicted molar refractivity (Wildman–Crippen MR) is 158 cm³/mol. The number of fused-ring (bicyclic) bond motifs is 1. The zero-order valence-corrected chi connectivity index (χ0v) is 24.0. The Morgan fingerprint density at radius 2 is 1.80 bits per heavy atom. The molecule has 10 heteroatoms. The molecular weight excluding hydrogens is 551 g/mol. The zero-order valence-electron chi connectivity index (χ0n) is 22.5. The normalized spacial score (nSPS) is 14.7. The van der Waals surface area contributed by atoms with E-state index in [0.29, 0.717) is 11.6 Å². The first-order chi connectivity index (χ1) is 19.2. The number of aryl methyl sites for hydroxylation is 1. The van der Waals surface area contributed by atoms with E-state index in [1.54, 1.807) is 12.1 Å². The number of methoxy groups -OCH3 is 1. The average molecular weight is 584 g/mol. The van der Waals surface area contributed by atoms with Crippen LogP contribution in [0.1, 0.15) is 59.3 Å². The Balaban J connectivity index is 1.44. The minimum absolute atomic E-state index is 0.00531. The fourth-order valence-electron chi connectivity index (χ4n) is 4.67. The largest absolute Gasteiger partial charge is 0.467 e. The lowest BCUT2D eigenvalue weighted by Crippen LogP contribution is -2.51. The number of nitrogens with one attached hydrogen (secondary N) is 4. The number of halogens is 2. The Morgan fingerprint density at radius 1 is 1.02 bits per heavy atom. The molecule has 1 aliphatic carbocycles. The fraction of sp³-hybridized carbons (Fsp3) is 0.300. The van der Waals surface area contributed by atoms with Crippen LogP contribution in [0.25, 0.3) is 0 Å². The quantitative estimate of drug-likeness (QED) is 0.227. The summed E-state index contributed by atoms with van der Waals surface area (Å²) in [5.41, 5.74) is 4.68. The van der Waals surface area contributed by atoms with Crippen LogP contribution in [-0.2, 0) is 16.0 Å². The summed E-state index contributed by atoms with van der Waals surface area (Å²) in [7, 11) is 1.20. The molecule has 2 atom stereocenters. The Bertz CT molecular complexity index is 1410. The minimum atomic E-state index is -1.18. The third-order valence-corrected chi connectivity index (χ3v) is 7.55. The smallest absolute Gasteiger partial charge is 0.330 e. The Hall–Kier alpha value is -3.75. The van der Waals surface area contributed by atoms with E-state index in [9.17, 15) is 14.4 Å². The number of carbonyl (C=O) groups excluding carboxylic acids is 3. The molecular formula is C30H32Cl2N4O4. The van der Waals surface area contributed by atoms with E-state index >= 15 is 0 Å². The molecule has 0 heterocycles. The van der Waals surface area contributed by atoms with Gasteiger partial charge in [-0.25, -0.2) is 9.59 Å². The van der Waals surface area contributed by atoms with Gasteiger partial charge in [0.05, 0.1) is 41.0 Å². The third kappa shape index (κ3) is 6.87. The Labute approximate surface area is 243 Å². The maximum Gasteiger partial charge on any atom is 0.330 e. The third-order valence-electron chi connectivity index (χ3n) is 6.85. The highest BCUT2D eigenvalue weighted by atomic mass is 35.5. The van der Waals surface area contributed by atoms with E-state index in [2.05, 4.69) is 35.1 Å². The lowest BCUT2D eigenvalue weighted by atomic mass is 10.0. The molecule has 210 valence electrons. The van der Waals surface area contributed by atoms with Crippen LogP contribution in [0.2, 0.25) is 10.0 Å². The number of anilines is 2.